The Bertz CT molecular complexity index is 833. The van der Waals surface area contributed by atoms with Crippen LogP contribution in [-0.2, 0) is 16.0 Å². The summed E-state index contributed by atoms with van der Waals surface area (Å²) in [6, 6.07) is 15.9. The van der Waals surface area contributed by atoms with E-state index in [9.17, 15) is 9.90 Å². The molecule has 0 bridgehead atoms. The molecule has 0 atom stereocenters. The number of carbonyl (C=O) groups excluding carboxylic acids is 1. The first-order valence-corrected chi connectivity index (χ1v) is 9.73. The SMILES string of the molecule is C=CC(=O)OC(C)(C)C.CCc1ccc(C=CC=C(C)c2ccc(O)cc2)cc1. The molecule has 2 aromatic rings. The molecule has 0 saturated heterocycles. The molecule has 0 radical (unpaired) electrons. The number of hydrogen-bond acceptors (Lipinski definition) is 3. The van der Waals surface area contributed by atoms with Gasteiger partial charge in [0.05, 0.1) is 0 Å². The van der Waals surface area contributed by atoms with Crippen LogP contribution >= 0.6 is 0 Å². The molecule has 0 heterocycles. The van der Waals surface area contributed by atoms with Crippen molar-refractivity contribution in [2.45, 2.75) is 46.6 Å². The van der Waals surface area contributed by atoms with Gasteiger partial charge in [-0.3, -0.25) is 0 Å². The fourth-order valence-electron chi connectivity index (χ4n) is 2.33. The summed E-state index contributed by atoms with van der Waals surface area (Å²) in [6.07, 6.45) is 8.47. The third kappa shape index (κ3) is 10.2. The van der Waals surface area contributed by atoms with Crippen molar-refractivity contribution in [3.63, 3.8) is 0 Å². The fraction of sp³-hybridized carbons (Fsp3) is 0.269. The predicted octanol–water partition coefficient (Wildman–Crippen LogP) is 6.59. The largest absolute Gasteiger partial charge is 0.508 e. The number of hydrogen-bond donors (Lipinski definition) is 1. The highest BCUT2D eigenvalue weighted by Gasteiger charge is 2.12. The van der Waals surface area contributed by atoms with Crippen LogP contribution in [0.25, 0.3) is 11.6 Å². The van der Waals surface area contributed by atoms with Crippen molar-refractivity contribution in [2.24, 2.45) is 0 Å². The van der Waals surface area contributed by atoms with E-state index in [0.717, 1.165) is 18.1 Å². The maximum atomic E-state index is 10.5. The number of ether oxygens (including phenoxy) is 1. The second kappa shape index (κ2) is 11.7. The van der Waals surface area contributed by atoms with Crippen molar-refractivity contribution in [1.29, 1.82) is 0 Å². The van der Waals surface area contributed by atoms with E-state index in [2.05, 4.69) is 62.9 Å². The molecule has 2 rings (SSSR count). The van der Waals surface area contributed by atoms with E-state index in [1.807, 2.05) is 32.9 Å². The van der Waals surface area contributed by atoms with E-state index in [-0.39, 0.29) is 5.97 Å². The van der Waals surface area contributed by atoms with E-state index in [4.69, 9.17) is 4.74 Å². The zero-order valence-electron chi connectivity index (χ0n) is 18.1. The van der Waals surface area contributed by atoms with Gasteiger partial charge in [-0.15, -0.1) is 0 Å². The third-order valence-corrected chi connectivity index (χ3v) is 3.92. The summed E-state index contributed by atoms with van der Waals surface area (Å²) in [5, 5.41) is 9.27. The van der Waals surface area contributed by atoms with Gasteiger partial charge in [-0.1, -0.05) is 68.1 Å². The van der Waals surface area contributed by atoms with Gasteiger partial charge in [-0.25, -0.2) is 4.79 Å². The molecule has 0 unspecified atom stereocenters. The number of aromatic hydroxyl groups is 1. The Kier molecular flexibility index (Phi) is 9.67. The third-order valence-electron chi connectivity index (χ3n) is 3.92. The smallest absolute Gasteiger partial charge is 0.330 e. The molecule has 29 heavy (non-hydrogen) atoms. The molecule has 3 nitrogen and oxygen atoms in total. The van der Waals surface area contributed by atoms with Gasteiger partial charge >= 0.3 is 5.97 Å². The number of rotatable bonds is 5. The molecular formula is C26H32O3. The van der Waals surface area contributed by atoms with Gasteiger partial charge in [-0.05, 0) is 68.5 Å². The molecule has 3 heteroatoms. The van der Waals surface area contributed by atoms with Gasteiger partial charge in [-0.2, -0.15) is 0 Å². The average molecular weight is 393 g/mol. The molecule has 1 N–H and O–H groups in total. The Labute approximate surface area is 175 Å². The lowest BCUT2D eigenvalue weighted by Crippen LogP contribution is -2.22. The number of phenolic OH excluding ortho intramolecular Hbond substituents is 1. The highest BCUT2D eigenvalue weighted by Crippen LogP contribution is 2.17. The maximum absolute atomic E-state index is 10.5. The number of aryl methyl sites for hydroxylation is 1. The van der Waals surface area contributed by atoms with Gasteiger partial charge in [0.2, 0.25) is 0 Å². The van der Waals surface area contributed by atoms with Crippen LogP contribution in [0.1, 0.15) is 51.3 Å². The quantitative estimate of drug-likeness (QED) is 0.355. The van der Waals surface area contributed by atoms with Crippen molar-refractivity contribution < 1.29 is 14.6 Å². The summed E-state index contributed by atoms with van der Waals surface area (Å²) in [6.45, 7) is 12.9. The van der Waals surface area contributed by atoms with Crippen LogP contribution in [0.2, 0.25) is 0 Å². The number of carbonyl (C=O) groups is 1. The number of phenols is 1. The minimum absolute atomic E-state index is 0.299. The summed E-state index contributed by atoms with van der Waals surface area (Å²) in [4.78, 5) is 10.5. The van der Waals surface area contributed by atoms with Crippen LogP contribution in [0.4, 0.5) is 0 Å². The van der Waals surface area contributed by atoms with Crippen LogP contribution in [0.15, 0.2) is 73.3 Å². The van der Waals surface area contributed by atoms with E-state index in [1.54, 1.807) is 12.1 Å². The lowest BCUT2D eigenvalue weighted by molar-refractivity contribution is -0.148. The summed E-state index contributed by atoms with van der Waals surface area (Å²) in [5.74, 6) is -0.0735. The minimum atomic E-state index is -0.398. The predicted molar refractivity (Wildman–Crippen MR) is 123 cm³/mol. The zero-order chi connectivity index (χ0) is 21.9. The van der Waals surface area contributed by atoms with Gasteiger partial charge in [0.15, 0.2) is 0 Å². The fourth-order valence-corrected chi connectivity index (χ4v) is 2.33. The Morgan fingerprint density at radius 3 is 2.10 bits per heavy atom. The van der Waals surface area contributed by atoms with E-state index in [0.29, 0.717) is 5.75 Å². The van der Waals surface area contributed by atoms with Crippen LogP contribution in [-0.4, -0.2) is 16.7 Å². The van der Waals surface area contributed by atoms with Gasteiger partial charge < -0.3 is 9.84 Å². The van der Waals surface area contributed by atoms with E-state index >= 15 is 0 Å². The normalized spacial score (nSPS) is 11.6. The molecule has 0 aromatic heterocycles. The molecule has 0 saturated carbocycles. The first-order valence-electron chi connectivity index (χ1n) is 9.73. The van der Waals surface area contributed by atoms with Gasteiger partial charge in [0.25, 0.3) is 0 Å². The Morgan fingerprint density at radius 1 is 1.07 bits per heavy atom. The number of esters is 1. The molecular weight excluding hydrogens is 360 g/mol. The molecule has 0 spiro atoms. The van der Waals surface area contributed by atoms with Crippen molar-refractivity contribution >= 4 is 17.6 Å². The molecule has 154 valence electrons. The molecule has 0 amide bonds. The number of allylic oxidation sites excluding steroid dienone is 3. The lowest BCUT2D eigenvalue weighted by atomic mass is 10.1. The van der Waals surface area contributed by atoms with Crippen LogP contribution in [0.5, 0.6) is 5.75 Å². The maximum Gasteiger partial charge on any atom is 0.330 e. The Balaban J connectivity index is 0.000000396. The van der Waals surface area contributed by atoms with Gasteiger partial charge in [0.1, 0.15) is 11.4 Å². The highest BCUT2D eigenvalue weighted by atomic mass is 16.6. The first-order chi connectivity index (χ1) is 13.6. The molecule has 0 aliphatic heterocycles. The van der Waals surface area contributed by atoms with Crippen LogP contribution < -0.4 is 0 Å². The summed E-state index contributed by atoms with van der Waals surface area (Å²) < 4.78 is 4.83. The zero-order valence-corrected chi connectivity index (χ0v) is 18.1. The topological polar surface area (TPSA) is 46.5 Å². The van der Waals surface area contributed by atoms with E-state index in [1.165, 1.54) is 16.7 Å². The van der Waals surface area contributed by atoms with Crippen LogP contribution in [0, 0.1) is 0 Å². The minimum Gasteiger partial charge on any atom is -0.508 e. The summed E-state index contributed by atoms with van der Waals surface area (Å²) in [7, 11) is 0. The second-order valence-corrected chi connectivity index (χ2v) is 7.59. The van der Waals surface area contributed by atoms with Crippen molar-refractivity contribution in [1.82, 2.24) is 0 Å². The number of benzene rings is 2. The molecule has 0 aliphatic carbocycles. The molecule has 2 aromatic carbocycles. The standard InChI is InChI=1S/C19H20O.C7H12O2/c1-3-16-7-9-17(10-8-16)6-4-5-15(2)18-11-13-19(20)14-12-18;1-5-6(8)9-7(2,3)4/h4-14,20H,3H2,1-2H3;5H,1H2,2-4H3. The molecule has 0 aliphatic rings. The Morgan fingerprint density at radius 2 is 1.66 bits per heavy atom. The van der Waals surface area contributed by atoms with Crippen LogP contribution in [0.3, 0.4) is 0 Å². The second-order valence-electron chi connectivity index (χ2n) is 7.59. The highest BCUT2D eigenvalue weighted by molar-refractivity contribution is 5.81. The lowest BCUT2D eigenvalue weighted by Gasteiger charge is -2.17. The molecule has 0 fully saturated rings. The van der Waals surface area contributed by atoms with Crippen molar-refractivity contribution in [3.8, 4) is 5.75 Å². The van der Waals surface area contributed by atoms with Gasteiger partial charge in [0, 0.05) is 6.08 Å². The summed E-state index contributed by atoms with van der Waals surface area (Å²) in [5.41, 5.74) is 4.46. The van der Waals surface area contributed by atoms with Crippen molar-refractivity contribution in [3.05, 3.63) is 90.0 Å². The van der Waals surface area contributed by atoms with Crippen molar-refractivity contribution in [2.75, 3.05) is 0 Å². The Hall–Kier alpha value is -3.07. The summed E-state index contributed by atoms with van der Waals surface area (Å²) >= 11 is 0. The first kappa shape index (κ1) is 24.0. The van der Waals surface area contributed by atoms with E-state index < -0.39 is 5.60 Å². The average Bonchev–Trinajstić information content (AvgIpc) is 2.68. The monoisotopic (exact) mass is 392 g/mol.